The van der Waals surface area contributed by atoms with Gasteiger partial charge in [-0.3, -0.25) is 4.99 Å². The van der Waals surface area contributed by atoms with E-state index in [-0.39, 0.29) is 24.0 Å². The molecule has 0 radical (unpaired) electrons. The lowest BCUT2D eigenvalue weighted by Crippen LogP contribution is -2.43. The molecule has 0 fully saturated rings. The molecule has 0 aliphatic carbocycles. The summed E-state index contributed by atoms with van der Waals surface area (Å²) in [6.07, 6.45) is 9.56. The van der Waals surface area contributed by atoms with Gasteiger partial charge in [0.2, 0.25) is 0 Å². The predicted molar refractivity (Wildman–Crippen MR) is 124 cm³/mol. The average Bonchev–Trinajstić information content (AvgIpc) is 3.10. The maximum atomic E-state index is 4.46. The molecule has 0 saturated carbocycles. The molecule has 0 atom stereocenters. The average molecular weight is 479 g/mol. The van der Waals surface area contributed by atoms with Crippen molar-refractivity contribution in [1.82, 2.24) is 19.8 Å². The lowest BCUT2D eigenvalue weighted by Gasteiger charge is -2.29. The second-order valence-electron chi connectivity index (χ2n) is 6.64. The summed E-state index contributed by atoms with van der Waals surface area (Å²) in [5.41, 5.74) is 2.78. The Kier molecular flexibility index (Phi) is 8.84. The van der Waals surface area contributed by atoms with Crippen molar-refractivity contribution in [2.75, 3.05) is 26.7 Å². The van der Waals surface area contributed by atoms with E-state index in [1.165, 1.54) is 11.1 Å². The lowest BCUT2D eigenvalue weighted by atomic mass is 10.00. The van der Waals surface area contributed by atoms with Gasteiger partial charge >= 0.3 is 0 Å². The van der Waals surface area contributed by atoms with E-state index in [4.69, 9.17) is 0 Å². The molecule has 1 aliphatic rings. The lowest BCUT2D eigenvalue weighted by molar-refractivity contribution is 0.438. The van der Waals surface area contributed by atoms with Gasteiger partial charge in [0.05, 0.1) is 0 Å². The van der Waals surface area contributed by atoms with Crippen LogP contribution in [-0.4, -0.2) is 47.1 Å². The Morgan fingerprint density at radius 3 is 2.67 bits per heavy atom. The quantitative estimate of drug-likeness (QED) is 0.296. The second-order valence-corrected chi connectivity index (χ2v) is 6.64. The molecule has 6 heteroatoms. The first-order valence-electron chi connectivity index (χ1n) is 9.45. The second kappa shape index (κ2) is 11.1. The zero-order valence-corrected chi connectivity index (χ0v) is 18.6. The first-order chi connectivity index (χ1) is 12.8. The normalized spacial score (nSPS) is 14.5. The molecule has 2 aromatic rings. The van der Waals surface area contributed by atoms with Crippen LogP contribution in [0.15, 0.2) is 53.8 Å². The van der Waals surface area contributed by atoms with Crippen LogP contribution in [0.3, 0.4) is 0 Å². The molecule has 146 valence electrons. The van der Waals surface area contributed by atoms with Gasteiger partial charge in [0.25, 0.3) is 0 Å². The molecule has 27 heavy (non-hydrogen) atoms. The Labute approximate surface area is 179 Å². The number of hydrogen-bond donors (Lipinski definition) is 1. The van der Waals surface area contributed by atoms with Crippen LogP contribution in [0.2, 0.25) is 0 Å². The SMILES string of the molecule is CN=C(NCCCCn1ccnc1C)N1CC=C(c2ccccc2)CC1.I. The molecule has 1 N–H and O–H groups in total. The van der Waals surface area contributed by atoms with Crippen LogP contribution in [-0.2, 0) is 6.54 Å². The summed E-state index contributed by atoms with van der Waals surface area (Å²) >= 11 is 0. The Hall–Kier alpha value is -1.83. The van der Waals surface area contributed by atoms with E-state index < -0.39 is 0 Å². The molecule has 1 aromatic heterocycles. The van der Waals surface area contributed by atoms with Crippen LogP contribution < -0.4 is 5.32 Å². The van der Waals surface area contributed by atoms with E-state index >= 15 is 0 Å². The van der Waals surface area contributed by atoms with E-state index in [1.54, 1.807) is 0 Å². The number of halogens is 1. The number of guanidine groups is 1. The number of nitrogens with zero attached hydrogens (tertiary/aromatic N) is 4. The standard InChI is InChI=1S/C21H29N5.HI/c1-18-23-13-17-25(18)14-7-6-12-24-21(22-2)26-15-10-20(11-16-26)19-8-4-3-5-9-19;/h3-5,8-10,13,17H,6-7,11-12,14-16H2,1-2H3,(H,22,24);1H. The number of rotatable bonds is 6. The highest BCUT2D eigenvalue weighted by Crippen LogP contribution is 2.21. The van der Waals surface area contributed by atoms with Gasteiger partial charge in [0, 0.05) is 45.6 Å². The van der Waals surface area contributed by atoms with E-state index in [1.807, 2.05) is 26.4 Å². The van der Waals surface area contributed by atoms with Gasteiger partial charge in [0.15, 0.2) is 5.96 Å². The van der Waals surface area contributed by atoms with Crippen molar-refractivity contribution >= 4 is 35.5 Å². The molecule has 1 aromatic carbocycles. The van der Waals surface area contributed by atoms with Gasteiger partial charge in [-0.05, 0) is 37.3 Å². The van der Waals surface area contributed by atoms with Crippen molar-refractivity contribution in [2.24, 2.45) is 4.99 Å². The highest BCUT2D eigenvalue weighted by molar-refractivity contribution is 14.0. The predicted octanol–water partition coefficient (Wildman–Crippen LogP) is 3.95. The summed E-state index contributed by atoms with van der Waals surface area (Å²) < 4.78 is 2.20. The molecular weight excluding hydrogens is 449 g/mol. The highest BCUT2D eigenvalue weighted by Gasteiger charge is 2.15. The molecule has 2 heterocycles. The van der Waals surface area contributed by atoms with Crippen molar-refractivity contribution in [1.29, 1.82) is 0 Å². The number of hydrogen-bond acceptors (Lipinski definition) is 2. The monoisotopic (exact) mass is 479 g/mol. The summed E-state index contributed by atoms with van der Waals surface area (Å²) in [5.74, 6) is 2.09. The number of nitrogens with one attached hydrogen (secondary N) is 1. The molecule has 3 rings (SSSR count). The summed E-state index contributed by atoms with van der Waals surface area (Å²) in [5, 5.41) is 3.51. The third-order valence-electron chi connectivity index (χ3n) is 4.90. The zero-order valence-electron chi connectivity index (χ0n) is 16.3. The van der Waals surface area contributed by atoms with E-state index in [0.717, 1.165) is 57.2 Å². The number of imidazole rings is 1. The van der Waals surface area contributed by atoms with Gasteiger partial charge in [-0.2, -0.15) is 0 Å². The van der Waals surface area contributed by atoms with Crippen molar-refractivity contribution in [3.8, 4) is 0 Å². The zero-order chi connectivity index (χ0) is 18.2. The minimum absolute atomic E-state index is 0. The van der Waals surface area contributed by atoms with Crippen LogP contribution in [0.1, 0.15) is 30.7 Å². The fraction of sp³-hybridized carbons (Fsp3) is 0.429. The van der Waals surface area contributed by atoms with Crippen molar-refractivity contribution in [2.45, 2.75) is 32.7 Å². The molecule has 0 saturated heterocycles. The fourth-order valence-corrected chi connectivity index (χ4v) is 3.36. The molecule has 0 unspecified atom stereocenters. The number of aryl methyl sites for hydroxylation is 2. The van der Waals surface area contributed by atoms with Gasteiger partial charge in [0.1, 0.15) is 5.82 Å². The summed E-state index contributed by atoms with van der Waals surface area (Å²) in [7, 11) is 1.87. The highest BCUT2D eigenvalue weighted by atomic mass is 127. The number of aromatic nitrogens is 2. The van der Waals surface area contributed by atoms with Crippen LogP contribution in [0.25, 0.3) is 5.57 Å². The van der Waals surface area contributed by atoms with Crippen molar-refractivity contribution in [3.63, 3.8) is 0 Å². The van der Waals surface area contributed by atoms with Crippen LogP contribution >= 0.6 is 24.0 Å². The number of unbranched alkanes of at least 4 members (excludes halogenated alkanes) is 1. The fourth-order valence-electron chi connectivity index (χ4n) is 3.36. The Bertz CT molecular complexity index is 751. The first kappa shape index (κ1) is 21.5. The Balaban J connectivity index is 0.00000261. The minimum atomic E-state index is 0. The summed E-state index contributed by atoms with van der Waals surface area (Å²) in [4.78, 5) is 11.0. The largest absolute Gasteiger partial charge is 0.356 e. The smallest absolute Gasteiger partial charge is 0.193 e. The molecule has 5 nitrogen and oxygen atoms in total. The van der Waals surface area contributed by atoms with Crippen molar-refractivity contribution < 1.29 is 0 Å². The summed E-state index contributed by atoms with van der Waals surface area (Å²) in [6, 6.07) is 10.7. The van der Waals surface area contributed by atoms with E-state index in [9.17, 15) is 0 Å². The molecule has 0 amide bonds. The van der Waals surface area contributed by atoms with Gasteiger partial charge in [-0.1, -0.05) is 36.4 Å². The van der Waals surface area contributed by atoms with Crippen molar-refractivity contribution in [3.05, 3.63) is 60.2 Å². The van der Waals surface area contributed by atoms with E-state index in [0.29, 0.717) is 0 Å². The van der Waals surface area contributed by atoms with Gasteiger partial charge < -0.3 is 14.8 Å². The minimum Gasteiger partial charge on any atom is -0.356 e. The molecule has 0 spiro atoms. The third-order valence-corrected chi connectivity index (χ3v) is 4.90. The molecule has 0 bridgehead atoms. The number of benzene rings is 1. The van der Waals surface area contributed by atoms with Crippen LogP contribution in [0.4, 0.5) is 0 Å². The third kappa shape index (κ3) is 6.09. The Morgan fingerprint density at radius 1 is 1.22 bits per heavy atom. The number of aliphatic imine (C=N–C) groups is 1. The van der Waals surface area contributed by atoms with Crippen LogP contribution in [0, 0.1) is 6.92 Å². The topological polar surface area (TPSA) is 45.5 Å². The van der Waals surface area contributed by atoms with Gasteiger partial charge in [-0.15, -0.1) is 24.0 Å². The summed E-state index contributed by atoms with van der Waals surface area (Å²) in [6.45, 7) is 5.95. The van der Waals surface area contributed by atoms with E-state index in [2.05, 4.69) is 61.2 Å². The van der Waals surface area contributed by atoms with Crippen LogP contribution in [0.5, 0.6) is 0 Å². The van der Waals surface area contributed by atoms with Gasteiger partial charge in [-0.25, -0.2) is 4.98 Å². The molecule has 1 aliphatic heterocycles. The maximum Gasteiger partial charge on any atom is 0.193 e. The Morgan fingerprint density at radius 2 is 2.04 bits per heavy atom. The maximum absolute atomic E-state index is 4.46. The first-order valence-corrected chi connectivity index (χ1v) is 9.45. The molecular formula is C21H30IN5.